The predicted molar refractivity (Wildman–Crippen MR) is 66.7 cm³/mol. The van der Waals surface area contributed by atoms with E-state index >= 15 is 0 Å². The molecule has 0 amide bonds. The van der Waals surface area contributed by atoms with E-state index < -0.39 is 32.1 Å². The van der Waals surface area contributed by atoms with Crippen LogP contribution in [0.15, 0.2) is 23.4 Å². The van der Waals surface area contributed by atoms with E-state index in [9.17, 15) is 17.2 Å². The normalized spacial score (nSPS) is 11.7. The summed E-state index contributed by atoms with van der Waals surface area (Å²) in [5, 5.41) is 0.209. The summed E-state index contributed by atoms with van der Waals surface area (Å²) >= 11 is 6.30. The van der Waals surface area contributed by atoms with Crippen molar-refractivity contribution in [3.8, 4) is 0 Å². The zero-order valence-electron chi connectivity index (χ0n) is 9.31. The van der Waals surface area contributed by atoms with E-state index in [-0.39, 0.29) is 16.5 Å². The zero-order chi connectivity index (χ0) is 14.0. The smallest absolute Gasteiger partial charge is 0.187 e. The topological polar surface area (TPSA) is 59.9 Å². The van der Waals surface area contributed by atoms with Crippen LogP contribution in [0.2, 0.25) is 0 Å². The van der Waals surface area contributed by atoms with E-state index in [2.05, 4.69) is 9.36 Å². The summed E-state index contributed by atoms with van der Waals surface area (Å²) in [5.41, 5.74) is -0.0889. The number of rotatable bonds is 4. The lowest BCUT2D eigenvalue weighted by molar-refractivity contribution is 0.548. The molecule has 0 saturated carbocycles. The summed E-state index contributed by atoms with van der Waals surface area (Å²) in [7, 11) is -4.01. The number of hydrogen-bond donors (Lipinski definition) is 0. The first-order valence-electron chi connectivity index (χ1n) is 4.96. The Morgan fingerprint density at radius 3 is 2.58 bits per heavy atom. The Bertz CT molecular complexity index is 690. The first-order valence-corrected chi connectivity index (χ1v) is 7.92. The molecule has 0 aliphatic carbocycles. The molecule has 1 heterocycles. The molecule has 0 atom stereocenters. The Labute approximate surface area is 117 Å². The standard InChI is InChI=1S/C10H7ClF2N2O2S2/c11-3-6-1-8(13)9(2-7(6)12)19(16,17)4-10-14-5-15-18-10/h1-2,5H,3-4H2. The van der Waals surface area contributed by atoms with Gasteiger partial charge in [0, 0.05) is 5.56 Å². The molecule has 0 aliphatic rings. The van der Waals surface area contributed by atoms with E-state index in [1.54, 1.807) is 0 Å². The van der Waals surface area contributed by atoms with Crippen LogP contribution in [0.1, 0.15) is 10.6 Å². The van der Waals surface area contributed by atoms with Crippen LogP contribution in [0.4, 0.5) is 8.78 Å². The number of nitrogens with zero attached hydrogens (tertiary/aromatic N) is 2. The van der Waals surface area contributed by atoms with Crippen LogP contribution in [0.5, 0.6) is 0 Å². The third kappa shape index (κ3) is 3.07. The van der Waals surface area contributed by atoms with Gasteiger partial charge in [0.1, 0.15) is 33.6 Å². The van der Waals surface area contributed by atoms with Crippen LogP contribution in [-0.4, -0.2) is 17.8 Å². The highest BCUT2D eigenvalue weighted by Crippen LogP contribution is 2.24. The van der Waals surface area contributed by atoms with Gasteiger partial charge in [-0.2, -0.15) is 4.37 Å². The maximum atomic E-state index is 13.7. The summed E-state index contributed by atoms with van der Waals surface area (Å²) < 4.78 is 54.8. The molecule has 0 unspecified atom stereocenters. The second-order valence-corrected chi connectivity index (χ2v) is 6.69. The third-order valence-corrected chi connectivity index (χ3v) is 5.07. The van der Waals surface area contributed by atoms with Crippen molar-refractivity contribution in [2.75, 3.05) is 0 Å². The minimum Gasteiger partial charge on any atom is -0.227 e. The highest BCUT2D eigenvalue weighted by Gasteiger charge is 2.23. The SMILES string of the molecule is O=S(=O)(Cc1ncns1)c1cc(F)c(CCl)cc1F. The number of sulfone groups is 1. The largest absolute Gasteiger partial charge is 0.227 e. The van der Waals surface area contributed by atoms with Crippen molar-refractivity contribution in [2.45, 2.75) is 16.5 Å². The van der Waals surface area contributed by atoms with E-state index in [0.717, 1.165) is 17.6 Å². The van der Waals surface area contributed by atoms with Gasteiger partial charge in [-0.1, -0.05) is 0 Å². The predicted octanol–water partition coefficient (Wildman–Crippen LogP) is 2.53. The Balaban J connectivity index is 2.43. The molecule has 4 nitrogen and oxygen atoms in total. The molecule has 1 aromatic carbocycles. The molecule has 0 bridgehead atoms. The zero-order valence-corrected chi connectivity index (χ0v) is 11.7. The molecule has 1 aromatic heterocycles. The highest BCUT2D eigenvalue weighted by molar-refractivity contribution is 7.90. The van der Waals surface area contributed by atoms with Crippen molar-refractivity contribution in [1.82, 2.24) is 9.36 Å². The van der Waals surface area contributed by atoms with Gasteiger partial charge in [-0.3, -0.25) is 0 Å². The lowest BCUT2D eigenvalue weighted by Crippen LogP contribution is -2.08. The molecule has 0 radical (unpaired) electrons. The second kappa shape index (κ2) is 5.48. The van der Waals surface area contributed by atoms with Crippen LogP contribution in [0.25, 0.3) is 0 Å². The molecule has 0 saturated heterocycles. The second-order valence-electron chi connectivity index (χ2n) is 3.60. The summed E-state index contributed by atoms with van der Waals surface area (Å²) in [6, 6.07) is 1.43. The number of alkyl halides is 1. The molecule has 19 heavy (non-hydrogen) atoms. The summed E-state index contributed by atoms with van der Waals surface area (Å²) in [6.07, 6.45) is 1.20. The van der Waals surface area contributed by atoms with E-state index in [1.807, 2.05) is 0 Å². The molecule has 2 aromatic rings. The molecular weight excluding hydrogens is 318 g/mol. The minimum atomic E-state index is -4.01. The van der Waals surface area contributed by atoms with E-state index in [4.69, 9.17) is 11.6 Å². The summed E-state index contributed by atoms with van der Waals surface area (Å²) in [4.78, 5) is 3.00. The average Bonchev–Trinajstić information content (AvgIpc) is 2.83. The Kier molecular flexibility index (Phi) is 4.12. The number of hydrogen-bond acceptors (Lipinski definition) is 5. The first-order chi connectivity index (χ1) is 8.94. The van der Waals surface area contributed by atoms with Gasteiger partial charge in [-0.05, 0) is 23.7 Å². The van der Waals surface area contributed by atoms with Crippen molar-refractivity contribution in [3.63, 3.8) is 0 Å². The number of aromatic nitrogens is 2. The average molecular weight is 325 g/mol. The van der Waals surface area contributed by atoms with E-state index in [0.29, 0.717) is 6.07 Å². The van der Waals surface area contributed by atoms with Gasteiger partial charge in [-0.25, -0.2) is 22.2 Å². The molecule has 2 rings (SSSR count). The molecule has 0 fully saturated rings. The van der Waals surface area contributed by atoms with Crippen LogP contribution in [-0.2, 0) is 21.5 Å². The van der Waals surface area contributed by atoms with Gasteiger partial charge in [0.05, 0.1) is 5.88 Å². The summed E-state index contributed by atoms with van der Waals surface area (Å²) in [5.74, 6) is -2.64. The lowest BCUT2D eigenvalue weighted by atomic mass is 10.2. The van der Waals surface area contributed by atoms with Gasteiger partial charge >= 0.3 is 0 Å². The molecule has 0 spiro atoms. The van der Waals surface area contributed by atoms with Gasteiger partial charge in [0.2, 0.25) is 0 Å². The van der Waals surface area contributed by atoms with Crippen LogP contribution < -0.4 is 0 Å². The lowest BCUT2D eigenvalue weighted by Gasteiger charge is -2.06. The Morgan fingerprint density at radius 1 is 1.26 bits per heavy atom. The van der Waals surface area contributed by atoms with Gasteiger partial charge in [0.15, 0.2) is 9.84 Å². The fraction of sp³-hybridized carbons (Fsp3) is 0.200. The fourth-order valence-electron chi connectivity index (χ4n) is 1.41. The summed E-state index contributed by atoms with van der Waals surface area (Å²) in [6.45, 7) is 0. The third-order valence-electron chi connectivity index (χ3n) is 2.30. The molecular formula is C10H7ClF2N2O2S2. The van der Waals surface area contributed by atoms with Crippen LogP contribution in [0.3, 0.4) is 0 Å². The number of halogens is 3. The fourth-order valence-corrected chi connectivity index (χ4v) is 3.80. The maximum Gasteiger partial charge on any atom is 0.187 e. The molecule has 102 valence electrons. The van der Waals surface area contributed by atoms with Crippen LogP contribution >= 0.6 is 23.1 Å². The number of benzene rings is 1. The molecule has 0 aliphatic heterocycles. The Morgan fingerprint density at radius 2 is 2.00 bits per heavy atom. The molecule has 9 heteroatoms. The van der Waals surface area contributed by atoms with Gasteiger partial charge in [-0.15, -0.1) is 11.6 Å². The van der Waals surface area contributed by atoms with Crippen LogP contribution in [0, 0.1) is 11.6 Å². The quantitative estimate of drug-likeness (QED) is 0.811. The van der Waals surface area contributed by atoms with Crippen molar-refractivity contribution >= 4 is 33.0 Å². The monoisotopic (exact) mass is 324 g/mol. The first kappa shape index (κ1) is 14.3. The van der Waals surface area contributed by atoms with Gasteiger partial charge in [0.25, 0.3) is 0 Å². The minimum absolute atomic E-state index is 0.0889. The molecule has 0 N–H and O–H groups in total. The van der Waals surface area contributed by atoms with E-state index in [1.165, 1.54) is 6.33 Å². The highest BCUT2D eigenvalue weighted by atomic mass is 35.5. The van der Waals surface area contributed by atoms with Crippen molar-refractivity contribution < 1.29 is 17.2 Å². The van der Waals surface area contributed by atoms with Crippen molar-refractivity contribution in [2.24, 2.45) is 0 Å². The maximum absolute atomic E-state index is 13.7. The van der Waals surface area contributed by atoms with Gasteiger partial charge < -0.3 is 0 Å². The van der Waals surface area contributed by atoms with Crippen molar-refractivity contribution in [1.29, 1.82) is 0 Å². The van der Waals surface area contributed by atoms with Crippen molar-refractivity contribution in [3.05, 3.63) is 40.7 Å². The Hall–Kier alpha value is -1.12.